The number of ether oxygens (including phenoxy) is 12. The Bertz CT molecular complexity index is 3620. The smallest absolute Gasteiger partial charge is 0.407 e. The number of carbonyl (C=O) groups excluding carboxylic acids is 16. The molecule has 0 saturated heterocycles. The van der Waals surface area contributed by atoms with Crippen LogP contribution in [0.5, 0.6) is 0 Å². The Morgan fingerprint density at radius 2 is 0.504 bits per heavy atom. The van der Waals surface area contributed by atoms with E-state index in [9.17, 15) is 76.7 Å². The zero-order valence-corrected chi connectivity index (χ0v) is 70.5. The van der Waals surface area contributed by atoms with Crippen LogP contribution in [0.25, 0.3) is 0 Å². The van der Waals surface area contributed by atoms with Crippen LogP contribution in [0.15, 0.2) is 148 Å². The second-order valence-electron chi connectivity index (χ2n) is 25.8. The Morgan fingerprint density at radius 3 is 0.711 bits per heavy atom. The van der Waals surface area contributed by atoms with Crippen molar-refractivity contribution >= 4 is 140 Å². The lowest BCUT2D eigenvalue weighted by Gasteiger charge is -2.32. The molecule has 656 valence electrons. The van der Waals surface area contributed by atoms with Crippen LogP contribution in [0.1, 0.15) is 97.9 Å². The average Bonchev–Trinajstić information content (AvgIpc) is 0.848. The molecule has 4 aromatic carbocycles. The Morgan fingerprint density at radius 1 is 0.306 bits per heavy atom. The number of hydrogen-bond acceptors (Lipinski definition) is 32. The topological polar surface area (TPSA) is 480 Å². The second-order valence-corrected chi connectivity index (χ2v) is 30.1. The van der Waals surface area contributed by atoms with Crippen LogP contribution in [-0.4, -0.2) is 199 Å². The van der Waals surface area contributed by atoms with Crippen molar-refractivity contribution in [2.75, 3.05) is 75.9 Å². The van der Waals surface area contributed by atoms with Crippen molar-refractivity contribution < 1.29 is 134 Å². The van der Waals surface area contributed by atoms with E-state index in [1.165, 1.54) is 0 Å². The molecule has 0 aliphatic heterocycles. The van der Waals surface area contributed by atoms with E-state index in [1.54, 1.807) is 125 Å². The third-order valence-electron chi connectivity index (χ3n) is 15.6. The van der Waals surface area contributed by atoms with E-state index in [-0.39, 0.29) is 127 Å². The van der Waals surface area contributed by atoms with E-state index in [2.05, 4.69) is 68.9 Å². The van der Waals surface area contributed by atoms with Crippen molar-refractivity contribution in [3.63, 3.8) is 0 Å². The lowest BCUT2D eigenvalue weighted by molar-refractivity contribution is -0.187. The predicted octanol–water partition coefficient (Wildman–Crippen LogP) is 9.45. The molecule has 0 aliphatic rings. The van der Waals surface area contributed by atoms with Crippen LogP contribution in [-0.2, 0) is 148 Å². The maximum Gasteiger partial charge on any atom is 0.407 e. The highest BCUT2D eigenvalue weighted by atomic mass is 32.2. The number of thioether (sulfide) groups is 4. The zero-order valence-electron chi connectivity index (χ0n) is 67.2. The zero-order chi connectivity index (χ0) is 88.7. The van der Waals surface area contributed by atoms with Gasteiger partial charge in [-0.2, -0.15) is 0 Å². The molecular weight excluding hydrogens is 1660 g/mol. The number of esters is 7. The molecule has 0 aliphatic carbocycles. The van der Waals surface area contributed by atoms with Gasteiger partial charge in [0.2, 0.25) is 0 Å². The molecule has 36 nitrogen and oxygen atoms in total. The summed E-state index contributed by atoms with van der Waals surface area (Å²) >= 11 is 3.03. The van der Waals surface area contributed by atoms with Crippen molar-refractivity contribution in [1.29, 1.82) is 0 Å². The maximum absolute atomic E-state index is 13.7. The molecule has 0 saturated carbocycles. The molecule has 0 fully saturated rings. The molecule has 0 spiro atoms. The number of benzene rings is 4. The summed E-state index contributed by atoms with van der Waals surface area (Å²) in [6.07, 6.45) is -3.37. The summed E-state index contributed by atoms with van der Waals surface area (Å²) in [5.74, 6) is -6.37. The number of hydrogen-bond donors (Lipinski definition) is 8. The van der Waals surface area contributed by atoms with Crippen LogP contribution < -0.4 is 42.5 Å². The molecule has 0 heterocycles. The molecule has 0 radical (unpaired) electrons. The molecule has 4 unspecified atom stereocenters. The highest BCUT2D eigenvalue weighted by Crippen LogP contribution is 2.21. The lowest BCUT2D eigenvalue weighted by Crippen LogP contribution is -2.49. The van der Waals surface area contributed by atoms with Gasteiger partial charge >= 0.3 is 66.2 Å². The number of Topliss-reactive ketones (excluding diaryl/α,β-unsaturated/α-hetero) is 1. The molecule has 4 rings (SSSR count). The molecule has 8 N–H and O–H groups in total. The number of ketones is 1. The van der Waals surface area contributed by atoms with Gasteiger partial charge in [0.1, 0.15) is 77.3 Å². The van der Waals surface area contributed by atoms with E-state index >= 15 is 0 Å². The monoisotopic (exact) mass is 1760 g/mol. The van der Waals surface area contributed by atoms with Gasteiger partial charge in [0.15, 0.2) is 11.4 Å². The summed E-state index contributed by atoms with van der Waals surface area (Å²) in [4.78, 5) is 201. The van der Waals surface area contributed by atoms with Gasteiger partial charge in [0.25, 0.3) is 21.0 Å². The lowest BCUT2D eigenvalue weighted by atomic mass is 10.1. The first kappa shape index (κ1) is 101. The summed E-state index contributed by atoms with van der Waals surface area (Å²) < 4.78 is 63.4. The molecule has 121 heavy (non-hydrogen) atoms. The SMILES string of the molecule is C=CC(=O)OCC(C)OC(=O)NCc1ccc(CNC(=O)SCCC(=O)COC(COC(=O)CCSC(=O)NCc2ccc(CNC(=O)OC(C)COC(=O)C=C)cc2)(COC(=O)CCSC(=O)NCc2ccc(CNC(=O)OC(C)COC(=O)C=C)cc2)COC(=O)CCSC(=O)NCc2ccc(CNC(=O)OC(C)COC(=O)C=C)cc2)cc1. The van der Waals surface area contributed by atoms with Crippen molar-refractivity contribution in [3.8, 4) is 0 Å². The quantitative estimate of drug-likeness (QED) is 0.0116. The molecule has 8 amide bonds. The molecule has 0 aromatic heterocycles. The largest absolute Gasteiger partial charge is 0.462 e. The number of alkyl carbamates (subject to hydrolysis) is 4. The first-order valence-electron chi connectivity index (χ1n) is 37.4. The second kappa shape index (κ2) is 58.1. The van der Waals surface area contributed by atoms with E-state index in [0.717, 1.165) is 71.4 Å². The number of rotatable bonds is 53. The Hall–Kier alpha value is -11.9. The molecular formula is C81H100N8O28S4. The summed E-state index contributed by atoms with van der Waals surface area (Å²) in [5, 5.41) is 19.3. The van der Waals surface area contributed by atoms with Crippen molar-refractivity contribution in [2.45, 2.75) is 136 Å². The Balaban J connectivity index is 1.42. The minimum Gasteiger partial charge on any atom is -0.462 e. The third kappa shape index (κ3) is 47.5. The number of amides is 8. The number of nitrogens with one attached hydrogen (secondary N) is 8. The molecule has 4 aromatic rings. The fourth-order valence-corrected chi connectivity index (χ4v) is 11.7. The van der Waals surface area contributed by atoms with Gasteiger partial charge in [-0.3, -0.25) is 38.4 Å². The van der Waals surface area contributed by atoms with E-state index in [4.69, 9.17) is 56.8 Å². The number of carbonyl (C=O) groups is 16. The Labute approximate surface area is 715 Å². The van der Waals surface area contributed by atoms with Crippen molar-refractivity contribution in [3.05, 3.63) is 192 Å². The van der Waals surface area contributed by atoms with E-state index in [0.29, 0.717) is 44.5 Å². The summed E-state index contributed by atoms with van der Waals surface area (Å²) in [6.45, 7) is 16.2. The fourth-order valence-electron chi connectivity index (χ4n) is 9.11. The van der Waals surface area contributed by atoms with Gasteiger partial charge in [0, 0.05) is 106 Å². The molecule has 0 bridgehead atoms. The van der Waals surface area contributed by atoms with Crippen LogP contribution in [0.4, 0.5) is 38.4 Å². The standard InChI is InChI=1S/C81H100N8O28S4/c1-9-66(91)106-45-53(5)114-73(98)82-37-57-13-21-61(22-14-57)41-86-77(102)118-33-29-65(90)49-113-81(50-110-70(95)30-34-119-78(103)87-42-62-23-15-58(16-24-62)38-83-74(99)115-54(6)46-107-67(92)10-2,51-111-71(96)31-35-120-79(104)88-43-63-25-17-59(18-26-63)39-84-75(100)116-55(7)47-108-68(93)11-3)52-112-72(97)32-36-121-80(105)89-44-64-27-19-60(20-28-64)40-85-76(101)117-56(8)48-109-69(94)12-4/h9-28,53-56H,1-4,29-52H2,5-8H3,(H,82,98)(H,83,99)(H,84,100)(H,85,101)(H,86,102)(H,87,103)(H,88,104)(H,89,105). The molecule has 40 heteroatoms. The van der Waals surface area contributed by atoms with Gasteiger partial charge < -0.3 is 99.4 Å². The van der Waals surface area contributed by atoms with Crippen molar-refractivity contribution in [1.82, 2.24) is 42.5 Å². The third-order valence-corrected chi connectivity index (χ3v) is 18.8. The van der Waals surface area contributed by atoms with Crippen LogP contribution >= 0.6 is 47.0 Å². The van der Waals surface area contributed by atoms with Crippen LogP contribution in [0.3, 0.4) is 0 Å². The van der Waals surface area contributed by atoms with E-state index in [1.807, 2.05) is 0 Å². The van der Waals surface area contributed by atoms with Gasteiger partial charge in [-0.1, -0.05) is 170 Å². The summed E-state index contributed by atoms with van der Waals surface area (Å²) in [7, 11) is 0. The van der Waals surface area contributed by atoms with Gasteiger partial charge in [-0.25, -0.2) is 38.4 Å². The van der Waals surface area contributed by atoms with Crippen molar-refractivity contribution in [2.24, 2.45) is 0 Å². The van der Waals surface area contributed by atoms with Gasteiger partial charge in [-0.05, 0) is 72.2 Å². The first-order chi connectivity index (χ1) is 57.9. The van der Waals surface area contributed by atoms with E-state index < -0.39 is 149 Å². The summed E-state index contributed by atoms with van der Waals surface area (Å²) in [6, 6.07) is 27.5. The minimum absolute atomic E-state index is 0.0594. The Kier molecular flexibility index (Phi) is 48.7. The normalized spacial score (nSPS) is 12.0. The fraction of sp³-hybridized carbons (Fsp3) is 0.407. The predicted molar refractivity (Wildman–Crippen MR) is 445 cm³/mol. The summed E-state index contributed by atoms with van der Waals surface area (Å²) in [5.41, 5.74) is 3.41. The van der Waals surface area contributed by atoms with Gasteiger partial charge in [-0.15, -0.1) is 0 Å². The van der Waals surface area contributed by atoms with Gasteiger partial charge in [0.05, 0.1) is 19.3 Å². The first-order valence-corrected chi connectivity index (χ1v) is 41.4. The highest BCUT2D eigenvalue weighted by molar-refractivity contribution is 8.14. The maximum atomic E-state index is 13.7. The van der Waals surface area contributed by atoms with Crippen LogP contribution in [0, 0.1) is 0 Å². The molecule has 4 atom stereocenters. The average molecular weight is 1760 g/mol. The highest BCUT2D eigenvalue weighted by Gasteiger charge is 2.38. The van der Waals surface area contributed by atoms with Crippen LogP contribution in [0.2, 0.25) is 0 Å². The minimum atomic E-state index is -2.12.